The van der Waals surface area contributed by atoms with Crippen LogP contribution in [0.1, 0.15) is 60.1 Å². The lowest BCUT2D eigenvalue weighted by molar-refractivity contribution is -0.129. The summed E-state index contributed by atoms with van der Waals surface area (Å²) in [4.78, 5) is 49.2. The second-order valence-corrected chi connectivity index (χ2v) is 13.6. The number of carbonyl (C=O) groups excluding carboxylic acids is 4. The predicted molar refractivity (Wildman–Crippen MR) is 224 cm³/mol. The van der Waals surface area contributed by atoms with Gasteiger partial charge in [-0.2, -0.15) is 0 Å². The van der Waals surface area contributed by atoms with E-state index in [2.05, 4.69) is 21.3 Å². The van der Waals surface area contributed by atoms with Crippen LogP contribution < -0.4 is 38.5 Å². The van der Waals surface area contributed by atoms with E-state index in [-0.39, 0.29) is 35.3 Å². The molecule has 0 saturated carbocycles. The number of amidine groups is 2. The van der Waals surface area contributed by atoms with Gasteiger partial charge in [0, 0.05) is 29.8 Å². The van der Waals surface area contributed by atoms with Crippen molar-refractivity contribution in [1.82, 2.24) is 21.3 Å². The van der Waals surface area contributed by atoms with Crippen molar-refractivity contribution in [2.24, 2.45) is 17.2 Å². The summed E-state index contributed by atoms with van der Waals surface area (Å²) in [5.74, 6) is -1.13. The van der Waals surface area contributed by atoms with Crippen molar-refractivity contribution in [2.75, 3.05) is 0 Å². The van der Waals surface area contributed by atoms with Crippen LogP contribution in [0.5, 0.6) is 0 Å². The number of benzene rings is 4. The van der Waals surface area contributed by atoms with E-state index in [0.717, 1.165) is 27.8 Å². The fourth-order valence-electron chi connectivity index (χ4n) is 5.64. The summed E-state index contributed by atoms with van der Waals surface area (Å²) in [5.41, 5.74) is 23.6. The third kappa shape index (κ3) is 13.7. The van der Waals surface area contributed by atoms with Crippen LogP contribution in [-0.2, 0) is 38.7 Å². The highest BCUT2D eigenvalue weighted by Crippen LogP contribution is 2.26. The highest BCUT2D eigenvalue weighted by atomic mass is 16.2. The van der Waals surface area contributed by atoms with Crippen LogP contribution in [-0.4, -0.2) is 53.4 Å². The van der Waals surface area contributed by atoms with E-state index in [9.17, 15) is 19.2 Å². The minimum Gasteiger partial charge on any atom is -0.384 e. The molecule has 4 amide bonds. The number of aryl methyl sites for hydroxylation is 1. The van der Waals surface area contributed by atoms with Crippen LogP contribution in [0.4, 0.5) is 0 Å². The standard InChI is InChI=1S/C23H24N4O2.C21H27N5O2/c1-15(22(28)26-14-16-7-9-18(10-8-16)21(24)25)27-23(29)20-12-11-19(13-20)17-5-3-2-4-6-17;1-14(20(27)25-13-16-7-10-17(11-8-16)19(23)24)26-21(28)18(22)12-9-15-5-3-2-4-6-15/h2-11,13,15H,12,14H2,1H3,(H3,24,25)(H,26,28)(H,27,29);2-8,10-11,14,18H,9,12-13,22H2,1H3,(H3,23,24)(H,25,27)(H,26,28)/t15-;14-,18+/m00/s1. The maximum absolute atomic E-state index is 12.5. The zero-order valence-electron chi connectivity index (χ0n) is 32.2. The molecule has 0 unspecified atom stereocenters. The first-order chi connectivity index (χ1) is 27.3. The lowest BCUT2D eigenvalue weighted by atomic mass is 10.1. The summed E-state index contributed by atoms with van der Waals surface area (Å²) in [5, 5.41) is 25.7. The number of nitrogen functional groups attached to an aromatic ring is 2. The second kappa shape index (κ2) is 21.3. The normalized spacial score (nSPS) is 13.2. The Bertz CT molecular complexity index is 2080. The molecule has 4 aromatic rings. The van der Waals surface area contributed by atoms with Crippen molar-refractivity contribution in [3.63, 3.8) is 0 Å². The van der Waals surface area contributed by atoms with Crippen LogP contribution in [0.25, 0.3) is 5.57 Å². The number of allylic oxidation sites excluding steroid dienone is 3. The average molecular weight is 770 g/mol. The molecule has 0 bridgehead atoms. The van der Waals surface area contributed by atoms with E-state index < -0.39 is 18.1 Å². The van der Waals surface area contributed by atoms with Crippen LogP contribution >= 0.6 is 0 Å². The molecule has 5 rings (SSSR count). The molecule has 13 heteroatoms. The highest BCUT2D eigenvalue weighted by molar-refractivity contribution is 6.01. The maximum Gasteiger partial charge on any atom is 0.248 e. The van der Waals surface area contributed by atoms with Crippen molar-refractivity contribution in [3.05, 3.63) is 160 Å². The van der Waals surface area contributed by atoms with E-state index in [1.165, 1.54) is 0 Å². The largest absolute Gasteiger partial charge is 0.384 e. The molecule has 0 saturated heterocycles. The van der Waals surface area contributed by atoms with Crippen molar-refractivity contribution >= 4 is 40.9 Å². The van der Waals surface area contributed by atoms with Gasteiger partial charge in [-0.25, -0.2) is 0 Å². The number of nitrogens with one attached hydrogen (secondary N) is 6. The number of hydrogen-bond donors (Lipinski definition) is 9. The topological polar surface area (TPSA) is 242 Å². The van der Waals surface area contributed by atoms with Gasteiger partial charge in [0.2, 0.25) is 23.6 Å². The van der Waals surface area contributed by atoms with Crippen LogP contribution in [0.15, 0.2) is 127 Å². The summed E-state index contributed by atoms with van der Waals surface area (Å²) >= 11 is 0. The molecule has 57 heavy (non-hydrogen) atoms. The first-order valence-corrected chi connectivity index (χ1v) is 18.6. The van der Waals surface area contributed by atoms with Gasteiger partial charge in [0.15, 0.2) is 0 Å². The molecule has 1 aliphatic rings. The minimum atomic E-state index is -0.688. The average Bonchev–Trinajstić information content (AvgIpc) is 3.73. The molecule has 0 heterocycles. The van der Waals surface area contributed by atoms with Gasteiger partial charge in [-0.1, -0.05) is 115 Å². The van der Waals surface area contributed by atoms with Gasteiger partial charge >= 0.3 is 0 Å². The van der Waals surface area contributed by atoms with Gasteiger partial charge in [-0.15, -0.1) is 0 Å². The first-order valence-electron chi connectivity index (χ1n) is 18.6. The SMILES string of the molecule is C[C@H](NC(=O)C1=CC(c2ccccc2)=CC1)C(=O)NCc1ccc(C(=N)N)cc1.C[C@H](NC(=O)[C@H](N)CCc1ccccc1)C(=O)NCc1ccc(C(=N)N)cc1. The summed E-state index contributed by atoms with van der Waals surface area (Å²) in [6.45, 7) is 3.93. The number of hydrogen-bond acceptors (Lipinski definition) is 7. The van der Waals surface area contributed by atoms with Gasteiger partial charge in [0.1, 0.15) is 23.8 Å². The zero-order valence-corrected chi connectivity index (χ0v) is 32.2. The smallest absolute Gasteiger partial charge is 0.248 e. The first kappa shape index (κ1) is 42.9. The monoisotopic (exact) mass is 769 g/mol. The molecule has 3 atom stereocenters. The third-order valence-electron chi connectivity index (χ3n) is 9.15. The number of nitrogens with two attached hydrogens (primary N) is 3. The molecule has 1 aliphatic carbocycles. The molecule has 296 valence electrons. The second-order valence-electron chi connectivity index (χ2n) is 13.6. The maximum atomic E-state index is 12.5. The Morgan fingerprint density at radius 1 is 0.632 bits per heavy atom. The third-order valence-corrected chi connectivity index (χ3v) is 9.15. The van der Waals surface area contributed by atoms with Crippen molar-refractivity contribution in [3.8, 4) is 0 Å². The van der Waals surface area contributed by atoms with E-state index in [0.29, 0.717) is 49.1 Å². The Morgan fingerprint density at radius 2 is 1.11 bits per heavy atom. The van der Waals surface area contributed by atoms with E-state index in [1.807, 2.05) is 72.8 Å². The summed E-state index contributed by atoms with van der Waals surface area (Å²) in [6, 6.07) is 31.8. The molecule has 12 N–H and O–H groups in total. The Hall–Kier alpha value is -6.86. The fraction of sp³-hybridized carbons (Fsp3) is 0.227. The summed E-state index contributed by atoms with van der Waals surface area (Å²) < 4.78 is 0. The van der Waals surface area contributed by atoms with Gasteiger partial charge in [-0.05, 0) is 67.0 Å². The van der Waals surface area contributed by atoms with Gasteiger partial charge in [0.25, 0.3) is 0 Å². The molecular formula is C44H51N9O4. The van der Waals surface area contributed by atoms with Crippen molar-refractivity contribution in [1.29, 1.82) is 10.8 Å². The lowest BCUT2D eigenvalue weighted by Gasteiger charge is -2.17. The van der Waals surface area contributed by atoms with Gasteiger partial charge in [-0.3, -0.25) is 30.0 Å². The van der Waals surface area contributed by atoms with E-state index in [1.54, 1.807) is 62.4 Å². The van der Waals surface area contributed by atoms with Crippen molar-refractivity contribution in [2.45, 2.75) is 64.3 Å². The number of carbonyl (C=O) groups is 4. The Labute approximate surface area is 333 Å². The van der Waals surface area contributed by atoms with Crippen LogP contribution in [0, 0.1) is 10.8 Å². The van der Waals surface area contributed by atoms with E-state index in [4.69, 9.17) is 28.0 Å². The molecule has 0 spiro atoms. The predicted octanol–water partition coefficient (Wildman–Crippen LogP) is 3.56. The van der Waals surface area contributed by atoms with Crippen molar-refractivity contribution < 1.29 is 19.2 Å². The summed E-state index contributed by atoms with van der Waals surface area (Å²) in [6.07, 6.45) is 5.64. The molecule has 13 nitrogen and oxygen atoms in total. The minimum absolute atomic E-state index is 0.00282. The molecule has 0 aromatic heterocycles. The highest BCUT2D eigenvalue weighted by Gasteiger charge is 2.21. The Balaban J connectivity index is 0.000000253. The quantitative estimate of drug-likeness (QED) is 0.0606. The number of amides is 4. The van der Waals surface area contributed by atoms with Crippen LogP contribution in [0.2, 0.25) is 0 Å². The zero-order chi connectivity index (χ0) is 41.3. The van der Waals surface area contributed by atoms with Gasteiger partial charge < -0.3 is 38.5 Å². The molecule has 0 aliphatic heterocycles. The molecule has 4 aromatic carbocycles. The Morgan fingerprint density at radius 3 is 1.60 bits per heavy atom. The Kier molecular flexibility index (Phi) is 16.0. The number of rotatable bonds is 16. The molecular weight excluding hydrogens is 719 g/mol. The van der Waals surface area contributed by atoms with Crippen LogP contribution in [0.3, 0.4) is 0 Å². The fourth-order valence-corrected chi connectivity index (χ4v) is 5.64. The lowest BCUT2D eigenvalue weighted by Crippen LogP contribution is -2.50. The molecule has 0 fully saturated rings. The van der Waals surface area contributed by atoms with E-state index >= 15 is 0 Å². The molecule has 0 radical (unpaired) electrons. The summed E-state index contributed by atoms with van der Waals surface area (Å²) in [7, 11) is 0. The van der Waals surface area contributed by atoms with Gasteiger partial charge in [0.05, 0.1) is 6.04 Å².